The molecule has 7 aliphatic rings. The smallest absolute Gasteiger partial charge is 0.312 e. The lowest BCUT2D eigenvalue weighted by atomic mass is 9.30. The van der Waals surface area contributed by atoms with Gasteiger partial charge < -0.3 is 15.2 Å². The van der Waals surface area contributed by atoms with Crippen LogP contribution in [0.3, 0.4) is 0 Å². The second kappa shape index (κ2) is 12.8. The van der Waals surface area contributed by atoms with Gasteiger partial charge in [-0.3, -0.25) is 14.4 Å². The van der Waals surface area contributed by atoms with Crippen molar-refractivity contribution in [3.8, 4) is 6.07 Å². The van der Waals surface area contributed by atoms with Gasteiger partial charge in [0.05, 0.1) is 24.5 Å². The zero-order chi connectivity index (χ0) is 39.5. The number of carboxylic acids is 1. The minimum absolute atomic E-state index is 0.0611. The number of nitrogens with one attached hydrogen (secondary N) is 1. The molecule has 0 bridgehead atoms. The summed E-state index contributed by atoms with van der Waals surface area (Å²) >= 11 is 0. The largest absolute Gasteiger partial charge is 0.481 e. The summed E-state index contributed by atoms with van der Waals surface area (Å²) in [5.41, 5.74) is -0.313. The van der Waals surface area contributed by atoms with E-state index in [0.29, 0.717) is 49.6 Å². The molecule has 7 rings (SSSR count). The molecule has 2 heterocycles. The molecular formula is C43H66N3O7S+. The van der Waals surface area contributed by atoms with Crippen molar-refractivity contribution in [2.75, 3.05) is 19.3 Å². The first-order valence-electron chi connectivity index (χ1n) is 20.8. The SMILES string of the molecule is C=C(C)[C@@H]1CC[C@]2(CC(=O)N[C@@H]3CCN(S(C)(=O)=O)C3)CC[C@]3(C)[C@H](CC[C@@H]4[C@@]5(C)CC[C@H](OC(=O)CC(C)(C)CC(=O)O)[C@@]6(C)C#[N+][C@]65CC[C@]43C)[C@@H]12. The van der Waals surface area contributed by atoms with Crippen LogP contribution >= 0.6 is 0 Å². The van der Waals surface area contributed by atoms with E-state index in [1.54, 1.807) is 13.8 Å². The molecule has 6 fully saturated rings. The molecule has 2 aliphatic heterocycles. The first-order valence-corrected chi connectivity index (χ1v) is 22.6. The molecule has 0 unspecified atom stereocenters. The molecule has 1 spiro atoms. The Balaban J connectivity index is 1.12. The van der Waals surface area contributed by atoms with Gasteiger partial charge >= 0.3 is 17.5 Å². The minimum atomic E-state index is -3.28. The van der Waals surface area contributed by atoms with E-state index < -0.39 is 26.8 Å². The number of allylic oxidation sites excluding steroid dienone is 1. The van der Waals surface area contributed by atoms with Crippen LogP contribution in [0.1, 0.15) is 138 Å². The monoisotopic (exact) mass is 768 g/mol. The van der Waals surface area contributed by atoms with Gasteiger partial charge in [0.1, 0.15) is 6.10 Å². The van der Waals surface area contributed by atoms with Crippen molar-refractivity contribution in [3.63, 3.8) is 0 Å². The molecule has 0 radical (unpaired) electrons. The normalized spacial score (nSPS) is 45.2. The molecule has 0 aromatic heterocycles. The summed E-state index contributed by atoms with van der Waals surface area (Å²) in [5, 5.41) is 12.6. The van der Waals surface area contributed by atoms with Gasteiger partial charge in [0.25, 0.3) is 6.07 Å². The van der Waals surface area contributed by atoms with Crippen molar-refractivity contribution in [2.24, 2.45) is 56.2 Å². The summed E-state index contributed by atoms with van der Waals surface area (Å²) in [4.78, 5) is 43.8. The van der Waals surface area contributed by atoms with Gasteiger partial charge in [0.15, 0.2) is 0 Å². The summed E-state index contributed by atoms with van der Waals surface area (Å²) in [7, 11) is -3.28. The van der Waals surface area contributed by atoms with Gasteiger partial charge in [-0.2, -0.15) is 0 Å². The molecule has 1 amide bonds. The third-order valence-electron chi connectivity index (χ3n) is 17.6. The average molecular weight is 769 g/mol. The van der Waals surface area contributed by atoms with Crippen LogP contribution in [-0.4, -0.2) is 72.7 Å². The first-order chi connectivity index (χ1) is 25.0. The number of carboxylic acid groups (broad SMARTS) is 1. The molecule has 0 aromatic carbocycles. The highest BCUT2D eigenvalue weighted by molar-refractivity contribution is 7.88. The van der Waals surface area contributed by atoms with E-state index in [1.165, 1.54) is 16.1 Å². The number of carbonyl (C=O) groups is 3. The summed E-state index contributed by atoms with van der Waals surface area (Å²) in [5.74, 6) is 0.510. The molecule has 0 aromatic rings. The van der Waals surface area contributed by atoms with Crippen molar-refractivity contribution in [3.05, 3.63) is 17.0 Å². The first kappa shape index (κ1) is 39.8. The number of nitrogens with zero attached hydrogens (tertiary/aromatic N) is 2. The molecule has 1 saturated heterocycles. The van der Waals surface area contributed by atoms with Gasteiger partial charge in [-0.25, -0.2) is 12.7 Å². The molecule has 10 nitrogen and oxygen atoms in total. The number of rotatable bonds is 10. The molecule has 2 N–H and O–H groups in total. The zero-order valence-electron chi connectivity index (χ0n) is 34.2. The molecule has 11 heteroatoms. The van der Waals surface area contributed by atoms with Crippen LogP contribution < -0.4 is 5.32 Å². The lowest BCUT2D eigenvalue weighted by molar-refractivity contribution is -0.248. The second-order valence-electron chi connectivity index (χ2n) is 20.9. The molecule has 300 valence electrons. The molecule has 54 heavy (non-hydrogen) atoms. The fourth-order valence-corrected chi connectivity index (χ4v) is 15.6. The molecule has 5 aliphatic carbocycles. The lowest BCUT2D eigenvalue weighted by Gasteiger charge is -2.72. The Labute approximate surface area is 323 Å². The second-order valence-corrected chi connectivity index (χ2v) is 22.9. The van der Waals surface area contributed by atoms with E-state index >= 15 is 0 Å². The van der Waals surface area contributed by atoms with Crippen LogP contribution in [0.2, 0.25) is 0 Å². The minimum Gasteiger partial charge on any atom is -0.481 e. The van der Waals surface area contributed by atoms with E-state index in [4.69, 9.17) is 9.58 Å². The van der Waals surface area contributed by atoms with E-state index in [-0.39, 0.29) is 64.1 Å². The third kappa shape index (κ3) is 5.75. The van der Waals surface area contributed by atoms with Gasteiger partial charge in [-0.05, 0) is 123 Å². The van der Waals surface area contributed by atoms with E-state index in [0.717, 1.165) is 64.2 Å². The number of amides is 1. The van der Waals surface area contributed by atoms with Crippen LogP contribution in [0.25, 0.3) is 4.85 Å². The predicted octanol–water partition coefficient (Wildman–Crippen LogP) is 7.44. The van der Waals surface area contributed by atoms with Crippen molar-refractivity contribution in [2.45, 2.75) is 156 Å². The van der Waals surface area contributed by atoms with Gasteiger partial charge in [0, 0.05) is 32.0 Å². The summed E-state index contributed by atoms with van der Waals surface area (Å²) < 4.78 is 32.1. The van der Waals surface area contributed by atoms with E-state index in [2.05, 4.69) is 52.6 Å². The molecular weight excluding hydrogens is 703 g/mol. The van der Waals surface area contributed by atoms with Gasteiger partial charge in [-0.15, -0.1) is 0 Å². The van der Waals surface area contributed by atoms with Gasteiger partial charge in [0.2, 0.25) is 21.3 Å². The quantitative estimate of drug-likeness (QED) is 0.174. The standard InChI is InChI=1S/C43H65N3O7S/c1-27(2)29-12-16-42(22-33(47)45-28-14-21-46(25-28)54(9,51)52)19-17-38(5)30(36(29)42)10-11-31-39(38,6)18-20-43-40(31,7)15-13-32(41(43,8)26-44-43)53-35(50)24-37(3,4)23-34(48)49/h28-32,36H,1,10-25H2,2-9H3,(H-,45,47,48,49)/p+1/t28-,29+,30-,31+,32+,36-,38-,39-,40-,41-,42-,43+/m1/s1. The van der Waals surface area contributed by atoms with Crippen molar-refractivity contribution in [1.29, 1.82) is 0 Å². The van der Waals surface area contributed by atoms with Gasteiger partial charge in [-0.1, -0.05) is 51.6 Å². The number of sulfonamides is 1. The fraction of sp³-hybridized carbons (Fsp3) is 0.860. The van der Waals surface area contributed by atoms with Crippen molar-refractivity contribution < 1.29 is 32.6 Å². The summed E-state index contributed by atoms with van der Waals surface area (Å²) in [6.07, 6.45) is 12.1. The van der Waals surface area contributed by atoms with Crippen LogP contribution in [-0.2, 0) is 29.1 Å². The number of ether oxygens (including phenoxy) is 1. The average Bonchev–Trinajstić information content (AvgIpc) is 3.67. The Morgan fingerprint density at radius 1 is 0.944 bits per heavy atom. The Morgan fingerprint density at radius 2 is 1.65 bits per heavy atom. The predicted molar refractivity (Wildman–Crippen MR) is 208 cm³/mol. The maximum absolute atomic E-state index is 13.9. The number of carbonyl (C=O) groups excluding carboxylic acids is 2. The number of fused-ring (bicyclic) bond motifs is 6. The van der Waals surface area contributed by atoms with Crippen LogP contribution in [0.15, 0.2) is 12.2 Å². The number of aliphatic carboxylic acids is 1. The maximum Gasteiger partial charge on any atom is 0.312 e. The van der Waals surface area contributed by atoms with Crippen molar-refractivity contribution >= 4 is 27.9 Å². The number of hydrogen-bond donors (Lipinski definition) is 2. The van der Waals surface area contributed by atoms with Crippen LogP contribution in [0.4, 0.5) is 0 Å². The Bertz CT molecular complexity index is 1800. The topological polar surface area (TPSA) is 134 Å². The Kier molecular flexibility index (Phi) is 9.41. The Morgan fingerprint density at radius 3 is 2.26 bits per heavy atom. The highest BCUT2D eigenvalue weighted by Gasteiger charge is 2.86. The van der Waals surface area contributed by atoms with Crippen LogP contribution in [0, 0.1) is 62.2 Å². The Hall–Kier alpha value is -2.45. The van der Waals surface area contributed by atoms with Crippen molar-refractivity contribution in [1.82, 2.24) is 9.62 Å². The van der Waals surface area contributed by atoms with E-state index in [9.17, 15) is 27.9 Å². The highest BCUT2D eigenvalue weighted by atomic mass is 32.2. The number of esters is 1. The number of hydrogen-bond acceptors (Lipinski definition) is 6. The van der Waals surface area contributed by atoms with E-state index in [1.807, 2.05) is 0 Å². The fourth-order valence-electron chi connectivity index (χ4n) is 14.7. The summed E-state index contributed by atoms with van der Waals surface area (Å²) in [6, 6.07) is 3.30. The molecule has 5 saturated carbocycles. The maximum atomic E-state index is 13.9. The highest BCUT2D eigenvalue weighted by Crippen LogP contribution is 2.80. The zero-order valence-corrected chi connectivity index (χ0v) is 35.0. The lowest BCUT2D eigenvalue weighted by Crippen LogP contribution is -2.75. The van der Waals surface area contributed by atoms with Crippen LogP contribution in [0.5, 0.6) is 0 Å². The third-order valence-corrected chi connectivity index (χ3v) is 18.9. The summed E-state index contributed by atoms with van der Waals surface area (Å²) in [6.45, 7) is 21.0. The molecule has 12 atom stereocenters.